The van der Waals surface area contributed by atoms with Crippen LogP contribution in [0.3, 0.4) is 0 Å². The molecule has 3 aromatic carbocycles. The molecule has 2 aliphatic heterocycles. The van der Waals surface area contributed by atoms with Crippen LogP contribution in [0.25, 0.3) is 0 Å². The van der Waals surface area contributed by atoms with Crippen LogP contribution in [0.4, 0.5) is 5.69 Å². The number of esters is 1. The first-order chi connectivity index (χ1) is 25.9. The molecule has 5 rings (SSSR count). The number of aryl methyl sites for hydroxylation is 1. The van der Waals surface area contributed by atoms with Gasteiger partial charge in [-0.1, -0.05) is 48.0 Å². The van der Waals surface area contributed by atoms with E-state index in [1.165, 1.54) is 7.11 Å². The van der Waals surface area contributed by atoms with Crippen molar-refractivity contribution in [1.82, 2.24) is 4.31 Å². The van der Waals surface area contributed by atoms with E-state index in [9.17, 15) is 13.2 Å². The van der Waals surface area contributed by atoms with Gasteiger partial charge in [-0.2, -0.15) is 4.31 Å². The van der Waals surface area contributed by atoms with Crippen molar-refractivity contribution in [3.8, 4) is 5.75 Å². The summed E-state index contributed by atoms with van der Waals surface area (Å²) in [4.78, 5) is 15.5. The van der Waals surface area contributed by atoms with E-state index in [0.29, 0.717) is 32.8 Å². The fourth-order valence-corrected chi connectivity index (χ4v) is 9.12. The Morgan fingerprint density at radius 1 is 0.963 bits per heavy atom. The Bertz CT molecular complexity index is 1770. The largest absolute Gasteiger partial charge is 0.490 e. The van der Waals surface area contributed by atoms with Crippen molar-refractivity contribution in [3.63, 3.8) is 0 Å². The van der Waals surface area contributed by atoms with Gasteiger partial charge in [-0.3, -0.25) is 4.79 Å². The number of hydrogen-bond acceptors (Lipinski definition) is 10. The standard InChI is InChI=1S/C42H58N2O9S/c1-30-9-16-36(17-10-30)54(46,47)44-28-40(53-29-32-11-18-39-38(25-32)43(20-22-52-39)19-8-21-48-5)37(26-35(44)27-42(3,4)41(45)50-7)34-14-12-33(13-15-34)31(2)51-24-23-49-6/h9-18,25,31,35,37,40H,8,19-24,26-29H2,1-7H3/t31?,35-,37-,40+/m1/s1. The van der Waals surface area contributed by atoms with Crippen LogP contribution in [-0.2, 0) is 45.1 Å². The summed E-state index contributed by atoms with van der Waals surface area (Å²) in [7, 11) is 0.757. The lowest BCUT2D eigenvalue weighted by Crippen LogP contribution is -2.54. The van der Waals surface area contributed by atoms with E-state index in [1.807, 2.05) is 39.8 Å². The molecular formula is C42H58N2O9S. The molecule has 0 aromatic heterocycles. The van der Waals surface area contributed by atoms with Crippen molar-refractivity contribution >= 4 is 21.7 Å². The van der Waals surface area contributed by atoms with Gasteiger partial charge in [-0.05, 0) is 87.9 Å². The van der Waals surface area contributed by atoms with Gasteiger partial charge >= 0.3 is 5.97 Å². The summed E-state index contributed by atoms with van der Waals surface area (Å²) in [6, 6.07) is 20.8. The summed E-state index contributed by atoms with van der Waals surface area (Å²) in [5, 5.41) is 0. The first kappa shape index (κ1) is 41.6. The molecule has 0 N–H and O–H groups in total. The smallest absolute Gasteiger partial charge is 0.311 e. The third kappa shape index (κ3) is 10.2. The molecular weight excluding hydrogens is 709 g/mol. The minimum absolute atomic E-state index is 0.109. The van der Waals surface area contributed by atoms with E-state index in [1.54, 1.807) is 42.8 Å². The topological polar surface area (TPSA) is 113 Å². The maximum absolute atomic E-state index is 14.5. The molecule has 12 heteroatoms. The Morgan fingerprint density at radius 3 is 2.37 bits per heavy atom. The molecule has 1 fully saturated rings. The molecule has 3 aromatic rings. The van der Waals surface area contributed by atoms with Crippen molar-refractivity contribution < 1.29 is 41.6 Å². The van der Waals surface area contributed by atoms with Gasteiger partial charge in [0.25, 0.3) is 0 Å². The maximum atomic E-state index is 14.5. The van der Waals surface area contributed by atoms with Crippen LogP contribution in [0.1, 0.15) is 74.3 Å². The molecule has 2 aliphatic rings. The third-order valence-corrected chi connectivity index (χ3v) is 12.5. The summed E-state index contributed by atoms with van der Waals surface area (Å²) < 4.78 is 65.0. The van der Waals surface area contributed by atoms with Gasteiger partial charge in [0, 0.05) is 45.9 Å². The fourth-order valence-electron chi connectivity index (χ4n) is 7.47. The fraction of sp³-hybridized carbons (Fsp3) is 0.548. The van der Waals surface area contributed by atoms with E-state index in [-0.39, 0.29) is 42.5 Å². The van der Waals surface area contributed by atoms with Crippen molar-refractivity contribution in [3.05, 3.63) is 89.0 Å². The Hall–Kier alpha value is -3.52. The second-order valence-corrected chi connectivity index (χ2v) is 16.9. The Balaban J connectivity index is 1.49. The van der Waals surface area contributed by atoms with Gasteiger partial charge in [-0.25, -0.2) is 8.42 Å². The van der Waals surface area contributed by atoms with E-state index in [4.69, 9.17) is 28.4 Å². The zero-order valence-electron chi connectivity index (χ0n) is 32.9. The number of fused-ring (bicyclic) bond motifs is 1. The lowest BCUT2D eigenvalue weighted by atomic mass is 9.77. The van der Waals surface area contributed by atoms with Crippen LogP contribution >= 0.6 is 0 Å². The second kappa shape index (κ2) is 18.9. The van der Waals surface area contributed by atoms with Crippen molar-refractivity contribution in [1.29, 1.82) is 0 Å². The zero-order valence-corrected chi connectivity index (χ0v) is 33.7. The molecule has 0 amide bonds. The Kier molecular flexibility index (Phi) is 14.6. The molecule has 0 bridgehead atoms. The third-order valence-electron chi connectivity index (χ3n) is 10.6. The summed E-state index contributed by atoms with van der Waals surface area (Å²) in [5.41, 5.74) is 4.08. The first-order valence-electron chi connectivity index (χ1n) is 18.9. The minimum atomic E-state index is -3.97. The number of sulfonamides is 1. The highest BCUT2D eigenvalue weighted by atomic mass is 32.2. The molecule has 296 valence electrons. The number of nitrogens with zero attached hydrogens (tertiary/aromatic N) is 2. The monoisotopic (exact) mass is 766 g/mol. The molecule has 11 nitrogen and oxygen atoms in total. The minimum Gasteiger partial charge on any atom is -0.490 e. The molecule has 1 unspecified atom stereocenters. The highest BCUT2D eigenvalue weighted by molar-refractivity contribution is 7.89. The molecule has 0 spiro atoms. The lowest BCUT2D eigenvalue weighted by Gasteiger charge is -2.45. The van der Waals surface area contributed by atoms with Crippen LogP contribution < -0.4 is 9.64 Å². The predicted octanol–water partition coefficient (Wildman–Crippen LogP) is 6.68. The van der Waals surface area contributed by atoms with Gasteiger partial charge in [0.2, 0.25) is 10.0 Å². The van der Waals surface area contributed by atoms with Gasteiger partial charge < -0.3 is 33.3 Å². The normalized spacial score (nSPS) is 19.9. The van der Waals surface area contributed by atoms with Crippen molar-refractivity contribution in [2.75, 3.05) is 72.3 Å². The molecule has 2 heterocycles. The number of ether oxygens (including phenoxy) is 6. The summed E-state index contributed by atoms with van der Waals surface area (Å²) >= 11 is 0. The van der Waals surface area contributed by atoms with E-state index in [0.717, 1.165) is 53.2 Å². The molecule has 0 aliphatic carbocycles. The van der Waals surface area contributed by atoms with E-state index >= 15 is 0 Å². The zero-order chi connectivity index (χ0) is 38.9. The highest BCUT2D eigenvalue weighted by Crippen LogP contribution is 2.42. The molecule has 54 heavy (non-hydrogen) atoms. The average Bonchev–Trinajstić information content (AvgIpc) is 3.17. The van der Waals surface area contributed by atoms with Crippen LogP contribution in [0.5, 0.6) is 5.75 Å². The summed E-state index contributed by atoms with van der Waals surface area (Å²) in [6.07, 6.45) is 1.00. The number of carbonyl (C=O) groups is 1. The molecule has 4 atom stereocenters. The van der Waals surface area contributed by atoms with Crippen molar-refractivity contribution in [2.24, 2.45) is 5.41 Å². The quantitative estimate of drug-likeness (QED) is 0.103. The number of rotatable bonds is 18. The SMILES string of the molecule is COCCCN1CCOc2ccc(CO[C@H]3CN(S(=O)(=O)c4ccc(C)cc4)[C@@H](CC(C)(C)C(=O)OC)C[C@@H]3c3ccc(C(C)OCCOC)cc3)cc21. The first-order valence-corrected chi connectivity index (χ1v) is 20.3. The maximum Gasteiger partial charge on any atom is 0.311 e. The second-order valence-electron chi connectivity index (χ2n) is 15.0. The van der Waals surface area contributed by atoms with Crippen LogP contribution in [0.15, 0.2) is 71.6 Å². The van der Waals surface area contributed by atoms with Crippen LogP contribution in [-0.4, -0.2) is 98.2 Å². The number of hydrogen-bond donors (Lipinski definition) is 0. The summed E-state index contributed by atoms with van der Waals surface area (Å²) in [5.74, 6) is 0.285. The van der Waals surface area contributed by atoms with E-state index in [2.05, 4.69) is 35.2 Å². The Labute approximate surface area is 321 Å². The molecule has 0 radical (unpaired) electrons. The van der Waals surface area contributed by atoms with Gasteiger partial charge in [0.15, 0.2) is 0 Å². The number of piperidine rings is 1. The molecule has 0 saturated carbocycles. The van der Waals surface area contributed by atoms with Gasteiger partial charge in [-0.15, -0.1) is 0 Å². The number of methoxy groups -OCH3 is 3. The highest BCUT2D eigenvalue weighted by Gasteiger charge is 2.46. The van der Waals surface area contributed by atoms with Crippen molar-refractivity contribution in [2.45, 2.75) is 82.6 Å². The Morgan fingerprint density at radius 2 is 1.69 bits per heavy atom. The number of benzene rings is 3. The lowest BCUT2D eigenvalue weighted by molar-refractivity contribution is -0.152. The van der Waals surface area contributed by atoms with Crippen LogP contribution in [0, 0.1) is 12.3 Å². The van der Waals surface area contributed by atoms with Gasteiger partial charge in [0.1, 0.15) is 12.4 Å². The average molecular weight is 767 g/mol. The van der Waals surface area contributed by atoms with Crippen LogP contribution in [0.2, 0.25) is 0 Å². The number of anilines is 1. The summed E-state index contributed by atoms with van der Waals surface area (Å²) in [6.45, 7) is 11.9. The number of carbonyl (C=O) groups excluding carboxylic acids is 1. The van der Waals surface area contributed by atoms with E-state index < -0.39 is 27.6 Å². The molecule has 1 saturated heterocycles. The van der Waals surface area contributed by atoms with Gasteiger partial charge in [0.05, 0.1) is 61.7 Å². The predicted molar refractivity (Wildman–Crippen MR) is 209 cm³/mol.